The topological polar surface area (TPSA) is 64.0 Å². The zero-order valence-corrected chi connectivity index (χ0v) is 10.7. The molecule has 0 aliphatic carbocycles. The summed E-state index contributed by atoms with van der Waals surface area (Å²) < 4.78 is 24.3. The van der Waals surface area contributed by atoms with Crippen molar-refractivity contribution in [1.29, 1.82) is 0 Å². The van der Waals surface area contributed by atoms with Crippen LogP contribution >= 0.6 is 0 Å². The molecule has 5 nitrogen and oxygen atoms in total. The van der Waals surface area contributed by atoms with E-state index in [0.29, 0.717) is 5.52 Å². The number of hydrogen-bond acceptors (Lipinski definition) is 3. The van der Waals surface area contributed by atoms with Gasteiger partial charge in [-0.3, -0.25) is 0 Å². The highest BCUT2D eigenvalue weighted by molar-refractivity contribution is 7.92. The number of aromatic nitrogens is 2. The molecule has 1 heterocycles. The Kier molecular flexibility index (Phi) is 2.72. The van der Waals surface area contributed by atoms with Crippen molar-refractivity contribution in [2.75, 3.05) is 4.83 Å². The lowest BCUT2D eigenvalue weighted by Crippen LogP contribution is -2.24. The van der Waals surface area contributed by atoms with Crippen LogP contribution in [0.2, 0.25) is 0 Å². The molecule has 0 fully saturated rings. The number of para-hydroxylation sites is 1. The molecule has 0 bridgehead atoms. The summed E-state index contributed by atoms with van der Waals surface area (Å²) in [6, 6.07) is 15.6. The zero-order chi connectivity index (χ0) is 13.3. The maximum absolute atomic E-state index is 12.2. The van der Waals surface area contributed by atoms with Crippen LogP contribution in [0.4, 0.5) is 0 Å². The van der Waals surface area contributed by atoms with E-state index in [1.807, 2.05) is 18.2 Å². The quantitative estimate of drug-likeness (QED) is 0.793. The van der Waals surface area contributed by atoms with Gasteiger partial charge in [0.1, 0.15) is 0 Å². The molecule has 0 aliphatic rings. The van der Waals surface area contributed by atoms with Crippen molar-refractivity contribution < 1.29 is 8.42 Å². The van der Waals surface area contributed by atoms with Crippen LogP contribution in [0.1, 0.15) is 0 Å². The van der Waals surface area contributed by atoms with Crippen LogP contribution in [0, 0.1) is 0 Å². The van der Waals surface area contributed by atoms with Crippen LogP contribution in [-0.2, 0) is 10.0 Å². The molecular formula is C13H11N3O2S. The van der Waals surface area contributed by atoms with Crippen molar-refractivity contribution in [3.8, 4) is 0 Å². The first-order valence-electron chi connectivity index (χ1n) is 5.67. The van der Waals surface area contributed by atoms with Gasteiger partial charge in [-0.2, -0.15) is 23.1 Å². The van der Waals surface area contributed by atoms with E-state index in [0.717, 1.165) is 5.39 Å². The molecule has 6 heteroatoms. The molecule has 96 valence electrons. The second-order valence-corrected chi connectivity index (χ2v) is 5.68. The van der Waals surface area contributed by atoms with E-state index in [4.69, 9.17) is 0 Å². The molecular weight excluding hydrogens is 262 g/mol. The van der Waals surface area contributed by atoms with E-state index in [-0.39, 0.29) is 4.90 Å². The first kappa shape index (κ1) is 11.7. The van der Waals surface area contributed by atoms with Crippen molar-refractivity contribution >= 4 is 20.9 Å². The minimum atomic E-state index is -3.62. The van der Waals surface area contributed by atoms with Gasteiger partial charge in [-0.05, 0) is 18.2 Å². The predicted octanol–water partition coefficient (Wildman–Crippen LogP) is 1.97. The molecule has 2 aromatic carbocycles. The van der Waals surface area contributed by atoms with Crippen LogP contribution < -0.4 is 4.83 Å². The van der Waals surface area contributed by atoms with Gasteiger partial charge in [0.05, 0.1) is 16.6 Å². The summed E-state index contributed by atoms with van der Waals surface area (Å²) in [6.45, 7) is 0. The number of nitrogens with one attached hydrogen (secondary N) is 1. The fourth-order valence-corrected chi connectivity index (χ4v) is 2.80. The van der Waals surface area contributed by atoms with Gasteiger partial charge in [-0.15, -0.1) is 0 Å². The second kappa shape index (κ2) is 4.40. The van der Waals surface area contributed by atoms with Gasteiger partial charge >= 0.3 is 0 Å². The zero-order valence-electron chi connectivity index (χ0n) is 9.89. The van der Waals surface area contributed by atoms with E-state index in [1.54, 1.807) is 30.5 Å². The van der Waals surface area contributed by atoms with Crippen molar-refractivity contribution in [3.63, 3.8) is 0 Å². The molecule has 1 aromatic heterocycles. The van der Waals surface area contributed by atoms with Gasteiger partial charge in [0.15, 0.2) is 0 Å². The maximum atomic E-state index is 12.2. The van der Waals surface area contributed by atoms with Gasteiger partial charge in [0.2, 0.25) is 0 Å². The third-order valence-electron chi connectivity index (χ3n) is 2.74. The molecule has 0 aliphatic heterocycles. The largest absolute Gasteiger partial charge is 0.276 e. The minimum Gasteiger partial charge on any atom is -0.200 e. The first-order chi connectivity index (χ1) is 9.17. The van der Waals surface area contributed by atoms with Gasteiger partial charge in [-0.25, -0.2) is 0 Å². The highest BCUT2D eigenvalue weighted by atomic mass is 32.2. The summed E-state index contributed by atoms with van der Waals surface area (Å²) in [5.74, 6) is 0. The predicted molar refractivity (Wildman–Crippen MR) is 72.7 cm³/mol. The van der Waals surface area contributed by atoms with Crippen molar-refractivity contribution in [1.82, 2.24) is 9.89 Å². The Balaban J connectivity index is 2.02. The Morgan fingerprint density at radius 1 is 0.947 bits per heavy atom. The summed E-state index contributed by atoms with van der Waals surface area (Å²) in [7, 11) is -3.62. The Hall–Kier alpha value is -2.34. The molecule has 0 spiro atoms. The van der Waals surface area contributed by atoms with Crippen LogP contribution in [0.25, 0.3) is 10.9 Å². The molecule has 19 heavy (non-hydrogen) atoms. The summed E-state index contributed by atoms with van der Waals surface area (Å²) in [6.07, 6.45) is 1.61. The molecule has 3 rings (SSSR count). The lowest BCUT2D eigenvalue weighted by atomic mass is 10.3. The van der Waals surface area contributed by atoms with E-state index in [2.05, 4.69) is 9.93 Å². The summed E-state index contributed by atoms with van der Waals surface area (Å²) >= 11 is 0. The van der Waals surface area contributed by atoms with E-state index >= 15 is 0 Å². The van der Waals surface area contributed by atoms with Crippen LogP contribution in [-0.4, -0.2) is 18.3 Å². The lowest BCUT2D eigenvalue weighted by molar-refractivity contribution is 0.593. The van der Waals surface area contributed by atoms with Gasteiger partial charge in [-0.1, -0.05) is 36.4 Å². The second-order valence-electron chi connectivity index (χ2n) is 4.02. The highest BCUT2D eigenvalue weighted by Gasteiger charge is 2.14. The first-order valence-corrected chi connectivity index (χ1v) is 7.16. The van der Waals surface area contributed by atoms with Gasteiger partial charge in [0, 0.05) is 5.39 Å². The molecule has 0 saturated heterocycles. The molecule has 0 radical (unpaired) electrons. The standard InChI is InChI=1S/C13H11N3O2S/c17-19(18,12-7-2-1-3-8-12)15-16-13-9-5-4-6-11(13)10-14-16/h1-10,15H. The Morgan fingerprint density at radius 2 is 1.63 bits per heavy atom. The summed E-state index contributed by atoms with van der Waals surface area (Å²) in [4.78, 5) is 3.90. The third kappa shape index (κ3) is 2.17. The molecule has 0 saturated carbocycles. The minimum absolute atomic E-state index is 0.203. The number of fused-ring (bicyclic) bond motifs is 1. The molecule has 0 atom stereocenters. The number of nitrogens with zero attached hydrogens (tertiary/aromatic N) is 2. The molecule has 0 amide bonds. The van der Waals surface area contributed by atoms with E-state index in [9.17, 15) is 8.42 Å². The van der Waals surface area contributed by atoms with E-state index < -0.39 is 10.0 Å². The molecule has 0 unspecified atom stereocenters. The van der Waals surface area contributed by atoms with Crippen LogP contribution in [0.5, 0.6) is 0 Å². The number of rotatable bonds is 3. The van der Waals surface area contributed by atoms with E-state index in [1.165, 1.54) is 16.9 Å². The Bertz CT molecular complexity index is 810. The highest BCUT2D eigenvalue weighted by Crippen LogP contribution is 2.14. The van der Waals surface area contributed by atoms with Gasteiger partial charge < -0.3 is 0 Å². The number of benzene rings is 2. The number of sulfonamides is 1. The Morgan fingerprint density at radius 3 is 2.42 bits per heavy atom. The van der Waals surface area contributed by atoms with Crippen molar-refractivity contribution in [2.24, 2.45) is 0 Å². The summed E-state index contributed by atoms with van der Waals surface area (Å²) in [5, 5.41) is 4.91. The van der Waals surface area contributed by atoms with Crippen molar-refractivity contribution in [3.05, 3.63) is 60.8 Å². The third-order valence-corrected chi connectivity index (χ3v) is 4.04. The fourth-order valence-electron chi connectivity index (χ4n) is 1.81. The maximum Gasteiger partial charge on any atom is 0.276 e. The fraction of sp³-hybridized carbons (Fsp3) is 0. The van der Waals surface area contributed by atoms with Crippen molar-refractivity contribution in [2.45, 2.75) is 4.90 Å². The average Bonchev–Trinajstić information content (AvgIpc) is 2.83. The normalized spacial score (nSPS) is 11.6. The SMILES string of the molecule is O=S(=O)(Nn1ncc2ccccc21)c1ccccc1. The average molecular weight is 273 g/mol. The van der Waals surface area contributed by atoms with Gasteiger partial charge in [0.25, 0.3) is 10.0 Å². The summed E-state index contributed by atoms with van der Waals surface area (Å²) in [5.41, 5.74) is 0.710. The lowest BCUT2D eigenvalue weighted by Gasteiger charge is -2.08. The Labute approximate surface area is 110 Å². The molecule has 1 N–H and O–H groups in total. The smallest absolute Gasteiger partial charge is 0.200 e. The number of hydrogen-bond donors (Lipinski definition) is 1. The molecule has 3 aromatic rings. The van der Waals surface area contributed by atoms with Crippen LogP contribution in [0.15, 0.2) is 65.7 Å². The monoisotopic (exact) mass is 273 g/mol. The van der Waals surface area contributed by atoms with Crippen LogP contribution in [0.3, 0.4) is 0 Å².